The van der Waals surface area contributed by atoms with Gasteiger partial charge in [0.15, 0.2) is 0 Å². The van der Waals surface area contributed by atoms with Crippen LogP contribution < -0.4 is 16.4 Å². The molecule has 0 aliphatic rings. The van der Waals surface area contributed by atoms with Gasteiger partial charge in [0.2, 0.25) is 11.8 Å². The van der Waals surface area contributed by atoms with Crippen LogP contribution in [0.15, 0.2) is 54.6 Å². The Bertz CT molecular complexity index is 689. The van der Waals surface area contributed by atoms with Crippen LogP contribution in [-0.4, -0.2) is 23.9 Å². The normalized spacial score (nSPS) is 13.0. The molecule has 6 heteroatoms. The number of hydrogen-bond donors (Lipinski definition) is 3. The summed E-state index contributed by atoms with van der Waals surface area (Å²) < 4.78 is 0. The molecule has 0 heterocycles. The quantitative estimate of drug-likeness (QED) is 0.751. The number of rotatable bonds is 6. The Morgan fingerprint density at radius 2 is 1.67 bits per heavy atom. The van der Waals surface area contributed by atoms with E-state index in [-0.39, 0.29) is 11.8 Å². The monoisotopic (exact) mass is 345 g/mol. The summed E-state index contributed by atoms with van der Waals surface area (Å²) in [6, 6.07) is 14.8. The van der Waals surface area contributed by atoms with Gasteiger partial charge < -0.3 is 16.4 Å². The van der Waals surface area contributed by atoms with Crippen LogP contribution in [-0.2, 0) is 16.0 Å². The van der Waals surface area contributed by atoms with Gasteiger partial charge in [-0.2, -0.15) is 0 Å². The van der Waals surface area contributed by atoms with E-state index in [2.05, 4.69) is 10.6 Å². The first-order chi connectivity index (χ1) is 11.5. The number of para-hydroxylation sites is 1. The molecule has 4 N–H and O–H groups in total. The highest BCUT2D eigenvalue weighted by atomic mass is 35.5. The second-order valence-corrected chi connectivity index (χ2v) is 5.96. The van der Waals surface area contributed by atoms with Crippen molar-refractivity contribution in [1.29, 1.82) is 0 Å². The zero-order valence-corrected chi connectivity index (χ0v) is 14.1. The van der Waals surface area contributed by atoms with E-state index >= 15 is 0 Å². The Balaban J connectivity index is 1.85. The van der Waals surface area contributed by atoms with Gasteiger partial charge in [-0.05, 0) is 43.2 Å². The van der Waals surface area contributed by atoms with Gasteiger partial charge in [-0.3, -0.25) is 9.59 Å². The molecule has 2 amide bonds. The number of nitrogens with one attached hydrogen (secondary N) is 2. The van der Waals surface area contributed by atoms with Gasteiger partial charge in [0.1, 0.15) is 6.04 Å². The largest absolute Gasteiger partial charge is 0.343 e. The van der Waals surface area contributed by atoms with Crippen molar-refractivity contribution in [2.45, 2.75) is 25.4 Å². The Labute approximate surface area is 146 Å². The number of anilines is 1. The number of carbonyl (C=O) groups is 2. The molecule has 2 aromatic rings. The predicted octanol–water partition coefficient (Wildman–Crippen LogP) is 2.35. The lowest BCUT2D eigenvalue weighted by molar-refractivity contribution is -0.127. The number of nitrogens with two attached hydrogens (primary N) is 1. The predicted molar refractivity (Wildman–Crippen MR) is 95.8 cm³/mol. The molecule has 24 heavy (non-hydrogen) atoms. The third-order valence-corrected chi connectivity index (χ3v) is 3.75. The number of amides is 2. The van der Waals surface area contributed by atoms with Crippen molar-refractivity contribution in [1.82, 2.24) is 5.32 Å². The highest BCUT2D eigenvalue weighted by Gasteiger charge is 2.20. The molecule has 1 unspecified atom stereocenters. The fourth-order valence-corrected chi connectivity index (χ4v) is 2.25. The first kappa shape index (κ1) is 18.0. The molecule has 0 saturated heterocycles. The van der Waals surface area contributed by atoms with E-state index in [0.717, 1.165) is 5.56 Å². The first-order valence-electron chi connectivity index (χ1n) is 7.62. The van der Waals surface area contributed by atoms with Crippen molar-refractivity contribution in [3.8, 4) is 0 Å². The van der Waals surface area contributed by atoms with Gasteiger partial charge >= 0.3 is 0 Å². The highest BCUT2D eigenvalue weighted by Crippen LogP contribution is 2.11. The van der Waals surface area contributed by atoms with Gasteiger partial charge in [-0.25, -0.2) is 0 Å². The topological polar surface area (TPSA) is 84.2 Å². The summed E-state index contributed by atoms with van der Waals surface area (Å²) in [5.74, 6) is -0.672. The Morgan fingerprint density at radius 1 is 1.04 bits per heavy atom. The van der Waals surface area contributed by atoms with Crippen molar-refractivity contribution in [2.75, 3.05) is 5.32 Å². The van der Waals surface area contributed by atoms with Crippen LogP contribution in [0, 0.1) is 0 Å². The maximum absolute atomic E-state index is 12.1. The average Bonchev–Trinajstić information content (AvgIpc) is 2.57. The van der Waals surface area contributed by atoms with Gasteiger partial charge in [0.05, 0.1) is 6.04 Å². The van der Waals surface area contributed by atoms with Crippen molar-refractivity contribution in [3.63, 3.8) is 0 Å². The van der Waals surface area contributed by atoms with E-state index in [1.54, 1.807) is 31.2 Å². The van der Waals surface area contributed by atoms with Crippen LogP contribution in [0.5, 0.6) is 0 Å². The van der Waals surface area contributed by atoms with Crippen molar-refractivity contribution in [2.24, 2.45) is 5.73 Å². The molecular formula is C18H20ClN3O2. The lowest BCUT2D eigenvalue weighted by Gasteiger charge is -2.17. The second kappa shape index (κ2) is 8.47. The minimum atomic E-state index is -0.738. The summed E-state index contributed by atoms with van der Waals surface area (Å²) in [6.45, 7) is 1.62. The summed E-state index contributed by atoms with van der Waals surface area (Å²) in [5.41, 5.74) is 7.49. The molecule has 2 aromatic carbocycles. The van der Waals surface area contributed by atoms with Crippen LogP contribution >= 0.6 is 11.6 Å². The average molecular weight is 346 g/mol. The van der Waals surface area contributed by atoms with E-state index in [1.165, 1.54) is 0 Å². The minimum Gasteiger partial charge on any atom is -0.343 e. The SMILES string of the molecule is C[C@H](NC(=O)C(N)Cc1ccc(Cl)cc1)C(=O)Nc1ccccc1. The van der Waals surface area contributed by atoms with Crippen molar-refractivity contribution >= 4 is 29.1 Å². The zero-order valence-electron chi connectivity index (χ0n) is 13.3. The fourth-order valence-electron chi connectivity index (χ4n) is 2.13. The third kappa shape index (κ3) is 5.37. The van der Waals surface area contributed by atoms with E-state index in [0.29, 0.717) is 17.1 Å². The lowest BCUT2D eigenvalue weighted by atomic mass is 10.1. The molecule has 126 valence electrons. The molecule has 0 radical (unpaired) electrons. The fraction of sp³-hybridized carbons (Fsp3) is 0.222. The van der Waals surface area contributed by atoms with Crippen LogP contribution in [0.4, 0.5) is 5.69 Å². The van der Waals surface area contributed by atoms with Crippen LogP contribution in [0.2, 0.25) is 5.02 Å². The van der Waals surface area contributed by atoms with Gasteiger partial charge in [-0.15, -0.1) is 0 Å². The molecule has 2 atom stereocenters. The summed E-state index contributed by atoms with van der Waals surface area (Å²) in [6.07, 6.45) is 0.371. The van der Waals surface area contributed by atoms with Crippen LogP contribution in [0.25, 0.3) is 0 Å². The Kier molecular flexibility index (Phi) is 6.35. The standard InChI is InChI=1S/C18H20ClN3O2/c1-12(17(23)22-15-5-3-2-4-6-15)21-18(24)16(20)11-13-7-9-14(19)10-8-13/h2-10,12,16H,11,20H2,1H3,(H,21,24)(H,22,23)/t12-,16?/m0/s1. The molecule has 0 aliphatic carbocycles. The van der Waals surface area contributed by atoms with Crippen molar-refractivity contribution in [3.05, 3.63) is 65.2 Å². The third-order valence-electron chi connectivity index (χ3n) is 3.50. The second-order valence-electron chi connectivity index (χ2n) is 5.52. The van der Waals surface area contributed by atoms with Gasteiger partial charge in [0.25, 0.3) is 0 Å². The van der Waals surface area contributed by atoms with E-state index < -0.39 is 12.1 Å². The zero-order chi connectivity index (χ0) is 17.5. The maximum Gasteiger partial charge on any atom is 0.246 e. The first-order valence-corrected chi connectivity index (χ1v) is 8.00. The van der Waals surface area contributed by atoms with Gasteiger partial charge in [-0.1, -0.05) is 41.9 Å². The summed E-state index contributed by atoms with van der Waals surface area (Å²) in [4.78, 5) is 24.2. The van der Waals surface area contributed by atoms with E-state index in [9.17, 15) is 9.59 Å². The van der Waals surface area contributed by atoms with Crippen LogP contribution in [0.1, 0.15) is 12.5 Å². The van der Waals surface area contributed by atoms with E-state index in [1.807, 2.05) is 30.3 Å². The summed E-state index contributed by atoms with van der Waals surface area (Å²) in [5, 5.41) is 5.99. The number of hydrogen-bond acceptors (Lipinski definition) is 3. The molecule has 0 aromatic heterocycles. The Hall–Kier alpha value is -2.37. The van der Waals surface area contributed by atoms with Crippen LogP contribution in [0.3, 0.4) is 0 Å². The number of carbonyl (C=O) groups excluding carboxylic acids is 2. The van der Waals surface area contributed by atoms with Crippen molar-refractivity contribution < 1.29 is 9.59 Å². The van der Waals surface area contributed by atoms with E-state index in [4.69, 9.17) is 17.3 Å². The minimum absolute atomic E-state index is 0.298. The molecule has 2 rings (SSSR count). The Morgan fingerprint density at radius 3 is 2.29 bits per heavy atom. The van der Waals surface area contributed by atoms with Gasteiger partial charge in [0, 0.05) is 10.7 Å². The molecular weight excluding hydrogens is 326 g/mol. The summed E-state index contributed by atoms with van der Waals surface area (Å²) in [7, 11) is 0. The molecule has 0 bridgehead atoms. The smallest absolute Gasteiger partial charge is 0.246 e. The highest BCUT2D eigenvalue weighted by molar-refractivity contribution is 6.30. The molecule has 0 saturated carbocycles. The number of benzene rings is 2. The molecule has 0 aliphatic heterocycles. The molecule has 5 nitrogen and oxygen atoms in total. The molecule has 0 fully saturated rings. The molecule has 0 spiro atoms. The summed E-state index contributed by atoms with van der Waals surface area (Å²) >= 11 is 5.83. The maximum atomic E-state index is 12.1. The lowest BCUT2D eigenvalue weighted by Crippen LogP contribution is -2.49. The number of halogens is 1.